The van der Waals surface area contributed by atoms with Crippen LogP contribution in [0.1, 0.15) is 5.56 Å². The molecule has 2 aromatic heterocycles. The first-order chi connectivity index (χ1) is 8.43. The quantitative estimate of drug-likeness (QED) is 0.844. The molecule has 1 aliphatic heterocycles. The molecule has 3 heterocycles. The van der Waals surface area contributed by atoms with Crippen molar-refractivity contribution in [2.24, 2.45) is 0 Å². The van der Waals surface area contributed by atoms with Crippen LogP contribution in [0.4, 0.5) is 0 Å². The van der Waals surface area contributed by atoms with Gasteiger partial charge in [0.15, 0.2) is 0 Å². The number of hydrogen-bond donors (Lipinski definition) is 1. The Morgan fingerprint density at radius 3 is 3.06 bits per heavy atom. The number of rotatable bonds is 3. The highest BCUT2D eigenvalue weighted by atomic mass is 16.5. The van der Waals surface area contributed by atoms with Crippen LogP contribution in [0.5, 0.6) is 0 Å². The lowest BCUT2D eigenvalue weighted by Crippen LogP contribution is -2.45. The smallest absolute Gasteiger partial charge is 0.0707 e. The van der Waals surface area contributed by atoms with Crippen molar-refractivity contribution in [3.05, 3.63) is 36.2 Å². The number of pyridine rings is 1. The van der Waals surface area contributed by atoms with Gasteiger partial charge in [0.2, 0.25) is 0 Å². The molecule has 0 spiro atoms. The highest BCUT2D eigenvalue weighted by Gasteiger charge is 2.10. The summed E-state index contributed by atoms with van der Waals surface area (Å²) in [5.41, 5.74) is 5.80. The molecule has 0 radical (unpaired) electrons. The zero-order valence-electron chi connectivity index (χ0n) is 9.67. The molecule has 0 atom stereocenters. The second kappa shape index (κ2) is 4.83. The largest absolute Gasteiger partial charge is 0.379 e. The maximum Gasteiger partial charge on any atom is 0.0707 e. The number of hydrogen-bond acceptors (Lipinski definition) is 4. The molecule has 17 heavy (non-hydrogen) atoms. The number of nitrogens with one attached hydrogen (secondary N) is 1. The van der Waals surface area contributed by atoms with Crippen molar-refractivity contribution in [3.8, 4) is 0 Å². The van der Waals surface area contributed by atoms with Crippen LogP contribution in [0.2, 0.25) is 0 Å². The van der Waals surface area contributed by atoms with E-state index in [0.717, 1.165) is 38.4 Å². The molecule has 1 N–H and O–H groups in total. The third-order valence-electron chi connectivity index (χ3n) is 3.01. The summed E-state index contributed by atoms with van der Waals surface area (Å²) in [5.74, 6) is 0. The number of aromatic nitrogens is 2. The number of hydrazine groups is 1. The molecule has 1 saturated heterocycles. The summed E-state index contributed by atoms with van der Waals surface area (Å²) in [7, 11) is 0. The average Bonchev–Trinajstić information content (AvgIpc) is 2.81. The van der Waals surface area contributed by atoms with Crippen molar-refractivity contribution < 1.29 is 4.74 Å². The van der Waals surface area contributed by atoms with Crippen LogP contribution < -0.4 is 5.43 Å². The molecule has 90 valence electrons. The van der Waals surface area contributed by atoms with E-state index in [1.54, 1.807) is 0 Å². The number of morpholine rings is 1. The normalized spacial score (nSPS) is 17.6. The molecule has 5 nitrogen and oxygen atoms in total. The third kappa shape index (κ3) is 2.31. The van der Waals surface area contributed by atoms with Crippen molar-refractivity contribution in [2.45, 2.75) is 6.54 Å². The van der Waals surface area contributed by atoms with Gasteiger partial charge in [-0.15, -0.1) is 0 Å². The second-order valence-corrected chi connectivity index (χ2v) is 4.13. The van der Waals surface area contributed by atoms with Gasteiger partial charge in [-0.1, -0.05) is 6.07 Å². The summed E-state index contributed by atoms with van der Waals surface area (Å²) in [5, 5.41) is 6.52. The Morgan fingerprint density at radius 1 is 1.29 bits per heavy atom. The minimum absolute atomic E-state index is 0.807. The molecule has 0 aromatic carbocycles. The SMILES string of the molecule is c1ccn2ncc(CNN3CCOCC3)c2c1. The Kier molecular flexibility index (Phi) is 3.04. The molecule has 0 aliphatic carbocycles. The molecule has 0 saturated carbocycles. The predicted octanol–water partition coefficient (Wildman–Crippen LogP) is 0.671. The van der Waals surface area contributed by atoms with Crippen molar-refractivity contribution in [1.29, 1.82) is 0 Å². The summed E-state index contributed by atoms with van der Waals surface area (Å²) in [6.07, 6.45) is 3.89. The lowest BCUT2D eigenvalue weighted by Gasteiger charge is -2.27. The first kappa shape index (κ1) is 10.7. The summed E-state index contributed by atoms with van der Waals surface area (Å²) < 4.78 is 7.21. The van der Waals surface area contributed by atoms with Crippen molar-refractivity contribution >= 4 is 5.52 Å². The van der Waals surface area contributed by atoms with E-state index in [1.807, 2.05) is 29.0 Å². The minimum Gasteiger partial charge on any atom is -0.379 e. The third-order valence-corrected chi connectivity index (χ3v) is 3.01. The monoisotopic (exact) mass is 232 g/mol. The van der Waals surface area contributed by atoms with Gasteiger partial charge in [-0.25, -0.2) is 9.52 Å². The second-order valence-electron chi connectivity index (χ2n) is 4.13. The number of nitrogens with zero attached hydrogens (tertiary/aromatic N) is 3. The van der Waals surface area contributed by atoms with Gasteiger partial charge >= 0.3 is 0 Å². The molecule has 3 rings (SSSR count). The first-order valence-corrected chi connectivity index (χ1v) is 5.91. The molecule has 0 unspecified atom stereocenters. The predicted molar refractivity (Wildman–Crippen MR) is 64.4 cm³/mol. The molecule has 0 amide bonds. The number of ether oxygens (including phenoxy) is 1. The van der Waals surface area contributed by atoms with Gasteiger partial charge in [0.25, 0.3) is 0 Å². The van der Waals surface area contributed by atoms with Crippen LogP contribution >= 0.6 is 0 Å². The highest BCUT2D eigenvalue weighted by Crippen LogP contribution is 2.09. The van der Waals surface area contributed by atoms with E-state index < -0.39 is 0 Å². The van der Waals surface area contributed by atoms with Crippen molar-refractivity contribution in [2.75, 3.05) is 26.3 Å². The van der Waals surface area contributed by atoms with Gasteiger partial charge in [-0.2, -0.15) is 5.10 Å². The van der Waals surface area contributed by atoms with Crippen LogP contribution in [0.25, 0.3) is 5.52 Å². The average molecular weight is 232 g/mol. The molecule has 1 aliphatic rings. The summed E-state index contributed by atoms with van der Waals surface area (Å²) in [6.45, 7) is 4.31. The zero-order chi connectivity index (χ0) is 11.5. The Labute approximate surface area is 99.9 Å². The van der Waals surface area contributed by atoms with E-state index in [1.165, 1.54) is 5.56 Å². The first-order valence-electron chi connectivity index (χ1n) is 5.91. The van der Waals surface area contributed by atoms with E-state index >= 15 is 0 Å². The molecule has 0 bridgehead atoms. The summed E-state index contributed by atoms with van der Waals surface area (Å²) >= 11 is 0. The van der Waals surface area contributed by atoms with Crippen LogP contribution in [-0.2, 0) is 11.3 Å². The Morgan fingerprint density at radius 2 is 2.18 bits per heavy atom. The van der Waals surface area contributed by atoms with Gasteiger partial charge in [-0.05, 0) is 12.1 Å². The fourth-order valence-corrected chi connectivity index (χ4v) is 2.04. The highest BCUT2D eigenvalue weighted by molar-refractivity contribution is 5.53. The topological polar surface area (TPSA) is 41.8 Å². The Hall–Kier alpha value is -1.43. The van der Waals surface area contributed by atoms with E-state index in [0.29, 0.717) is 0 Å². The maximum absolute atomic E-state index is 5.31. The Balaban J connectivity index is 1.68. The summed E-state index contributed by atoms with van der Waals surface area (Å²) in [6, 6.07) is 6.11. The van der Waals surface area contributed by atoms with E-state index in [4.69, 9.17) is 4.74 Å². The van der Waals surface area contributed by atoms with Crippen molar-refractivity contribution in [3.63, 3.8) is 0 Å². The lowest BCUT2D eigenvalue weighted by atomic mass is 10.2. The van der Waals surface area contributed by atoms with Crippen LogP contribution in [0.15, 0.2) is 30.6 Å². The standard InChI is InChI=1S/C12H16N4O/c1-2-4-16-12(3-1)11(10-14-16)9-13-15-5-7-17-8-6-15/h1-4,10,13H,5-9H2. The van der Waals surface area contributed by atoms with Crippen LogP contribution in [0.3, 0.4) is 0 Å². The van der Waals surface area contributed by atoms with Crippen LogP contribution in [0, 0.1) is 0 Å². The van der Waals surface area contributed by atoms with Gasteiger partial charge in [0, 0.05) is 31.4 Å². The van der Waals surface area contributed by atoms with Gasteiger partial charge < -0.3 is 4.74 Å². The van der Waals surface area contributed by atoms with E-state index in [9.17, 15) is 0 Å². The van der Waals surface area contributed by atoms with Crippen molar-refractivity contribution in [1.82, 2.24) is 20.0 Å². The fraction of sp³-hybridized carbons (Fsp3) is 0.417. The summed E-state index contributed by atoms with van der Waals surface area (Å²) in [4.78, 5) is 0. The Bertz CT molecular complexity index is 490. The minimum atomic E-state index is 0.807. The van der Waals surface area contributed by atoms with Gasteiger partial charge in [0.05, 0.1) is 24.9 Å². The molecule has 2 aromatic rings. The zero-order valence-corrected chi connectivity index (χ0v) is 9.67. The molecular formula is C12H16N4O. The van der Waals surface area contributed by atoms with Crippen LogP contribution in [-0.4, -0.2) is 40.9 Å². The molecule has 1 fully saturated rings. The van der Waals surface area contributed by atoms with Gasteiger partial charge in [0.1, 0.15) is 0 Å². The maximum atomic E-state index is 5.31. The number of fused-ring (bicyclic) bond motifs is 1. The van der Waals surface area contributed by atoms with E-state index in [2.05, 4.69) is 21.6 Å². The van der Waals surface area contributed by atoms with Gasteiger partial charge in [-0.3, -0.25) is 5.43 Å². The van der Waals surface area contributed by atoms with E-state index in [-0.39, 0.29) is 0 Å². The lowest BCUT2D eigenvalue weighted by molar-refractivity contribution is 0.0106. The molecule has 5 heteroatoms. The fourth-order valence-electron chi connectivity index (χ4n) is 2.04. The molecular weight excluding hydrogens is 216 g/mol.